The number of ether oxygens (including phenoxy) is 1. The lowest BCUT2D eigenvalue weighted by Crippen LogP contribution is -2.36. The first kappa shape index (κ1) is 13.0. The van der Waals surface area contributed by atoms with Crippen LogP contribution >= 0.6 is 0 Å². The molecule has 3 N–H and O–H groups in total. The number of methoxy groups -OCH3 is 1. The van der Waals surface area contributed by atoms with Crippen LogP contribution in [0.4, 0.5) is 0 Å². The summed E-state index contributed by atoms with van der Waals surface area (Å²) in [6.07, 6.45) is 0.00542. The number of pyridine rings is 1. The number of hydrogen-bond acceptors (Lipinski definition) is 4. The summed E-state index contributed by atoms with van der Waals surface area (Å²) in [5.41, 5.74) is 5.92. The highest BCUT2D eigenvalue weighted by Crippen LogP contribution is 2.22. The minimum atomic E-state index is -0.0271. The number of nitrogens with zero attached hydrogens (tertiary/aromatic N) is 1. The van der Waals surface area contributed by atoms with Crippen molar-refractivity contribution < 1.29 is 4.74 Å². The van der Waals surface area contributed by atoms with Crippen molar-refractivity contribution in [3.05, 3.63) is 41.6 Å². The third kappa shape index (κ3) is 2.51. The van der Waals surface area contributed by atoms with Gasteiger partial charge in [0.25, 0.3) is 0 Å². The molecular weight excluding hydrogens is 226 g/mol. The highest BCUT2D eigenvalue weighted by atomic mass is 16.5. The molecule has 0 fully saturated rings. The maximum Gasteiger partial charge on any atom is 0.0750 e. The molecule has 1 aromatic heterocycles. The molecule has 0 aliphatic carbocycles. The molecule has 2 atom stereocenters. The number of hydrogen-bond donors (Lipinski definition) is 2. The second-order valence-corrected chi connectivity index (χ2v) is 4.49. The van der Waals surface area contributed by atoms with Crippen molar-refractivity contribution in [2.45, 2.75) is 26.0 Å². The second-order valence-electron chi connectivity index (χ2n) is 4.49. The van der Waals surface area contributed by atoms with Crippen LogP contribution in [-0.2, 0) is 4.74 Å². The molecule has 96 valence electrons. The molecule has 1 aromatic carbocycles. The van der Waals surface area contributed by atoms with Gasteiger partial charge in [-0.15, -0.1) is 0 Å². The fourth-order valence-electron chi connectivity index (χ4n) is 2.08. The van der Waals surface area contributed by atoms with E-state index in [9.17, 15) is 0 Å². The number of aromatic nitrogens is 1. The first-order chi connectivity index (χ1) is 8.65. The van der Waals surface area contributed by atoms with E-state index in [-0.39, 0.29) is 12.1 Å². The van der Waals surface area contributed by atoms with E-state index in [1.165, 1.54) is 0 Å². The van der Waals surface area contributed by atoms with Gasteiger partial charge in [-0.3, -0.25) is 16.3 Å². The van der Waals surface area contributed by atoms with E-state index in [0.717, 1.165) is 22.2 Å². The van der Waals surface area contributed by atoms with E-state index < -0.39 is 0 Å². The van der Waals surface area contributed by atoms with Crippen molar-refractivity contribution in [1.29, 1.82) is 0 Å². The minimum Gasteiger partial charge on any atom is -0.380 e. The number of nitrogens with two attached hydrogens (primary N) is 1. The quantitative estimate of drug-likeness (QED) is 0.639. The monoisotopic (exact) mass is 245 g/mol. The Bertz CT molecular complexity index is 542. The number of hydrazine groups is 1. The zero-order valence-corrected chi connectivity index (χ0v) is 11.0. The summed E-state index contributed by atoms with van der Waals surface area (Å²) in [6, 6.07) is 10.2. The third-order valence-corrected chi connectivity index (χ3v) is 3.23. The SMILES string of the molecule is COC(C)C(NN)c1ccc2nc(C)ccc2c1. The minimum absolute atomic E-state index is 0.00542. The molecule has 0 radical (unpaired) electrons. The van der Waals surface area contributed by atoms with E-state index in [4.69, 9.17) is 10.6 Å². The summed E-state index contributed by atoms with van der Waals surface area (Å²) in [5, 5.41) is 1.11. The van der Waals surface area contributed by atoms with E-state index in [1.54, 1.807) is 7.11 Å². The second kappa shape index (κ2) is 5.44. The van der Waals surface area contributed by atoms with E-state index >= 15 is 0 Å². The van der Waals surface area contributed by atoms with Gasteiger partial charge in [0.05, 0.1) is 17.7 Å². The average Bonchev–Trinajstić information content (AvgIpc) is 2.39. The summed E-state index contributed by atoms with van der Waals surface area (Å²) >= 11 is 0. The number of nitrogens with one attached hydrogen (secondary N) is 1. The fraction of sp³-hybridized carbons (Fsp3) is 0.357. The summed E-state index contributed by atoms with van der Waals surface area (Å²) in [5.74, 6) is 5.60. The Morgan fingerprint density at radius 3 is 2.72 bits per heavy atom. The van der Waals surface area contributed by atoms with Crippen LogP contribution in [0.25, 0.3) is 10.9 Å². The van der Waals surface area contributed by atoms with Gasteiger partial charge >= 0.3 is 0 Å². The zero-order valence-electron chi connectivity index (χ0n) is 11.0. The standard InChI is InChI=1S/C14H19N3O/c1-9-4-5-11-8-12(6-7-13(11)16-9)14(17-15)10(2)18-3/h4-8,10,14,17H,15H2,1-3H3. The normalized spacial score (nSPS) is 14.7. The smallest absolute Gasteiger partial charge is 0.0750 e. The molecule has 0 bridgehead atoms. The summed E-state index contributed by atoms with van der Waals surface area (Å²) in [7, 11) is 1.68. The first-order valence-corrected chi connectivity index (χ1v) is 6.02. The Morgan fingerprint density at radius 1 is 1.28 bits per heavy atom. The van der Waals surface area contributed by atoms with E-state index in [2.05, 4.69) is 22.5 Å². The van der Waals surface area contributed by atoms with E-state index in [0.29, 0.717) is 0 Å². The molecule has 2 unspecified atom stereocenters. The Morgan fingerprint density at radius 2 is 2.06 bits per heavy atom. The molecule has 4 heteroatoms. The maximum absolute atomic E-state index is 5.60. The van der Waals surface area contributed by atoms with Crippen molar-refractivity contribution in [2.75, 3.05) is 7.11 Å². The summed E-state index contributed by atoms with van der Waals surface area (Å²) < 4.78 is 5.33. The van der Waals surface area contributed by atoms with Gasteiger partial charge < -0.3 is 4.74 Å². The van der Waals surface area contributed by atoms with Crippen molar-refractivity contribution in [1.82, 2.24) is 10.4 Å². The van der Waals surface area contributed by atoms with E-state index in [1.807, 2.05) is 32.0 Å². The third-order valence-electron chi connectivity index (χ3n) is 3.23. The van der Waals surface area contributed by atoms with Crippen LogP contribution in [0, 0.1) is 6.92 Å². The molecule has 0 aliphatic heterocycles. The molecule has 0 saturated carbocycles. The predicted molar refractivity (Wildman–Crippen MR) is 73.0 cm³/mol. The van der Waals surface area contributed by atoms with Gasteiger partial charge in [-0.2, -0.15) is 0 Å². The molecule has 4 nitrogen and oxygen atoms in total. The Hall–Kier alpha value is -1.49. The Balaban J connectivity index is 2.42. The Kier molecular flexibility index (Phi) is 3.91. The molecule has 18 heavy (non-hydrogen) atoms. The van der Waals surface area contributed by atoms with Gasteiger partial charge in [-0.05, 0) is 37.6 Å². The van der Waals surface area contributed by atoms with Crippen molar-refractivity contribution in [3.8, 4) is 0 Å². The number of aryl methyl sites for hydroxylation is 1. The predicted octanol–water partition coefficient (Wildman–Crippen LogP) is 2.08. The molecule has 0 aliphatic rings. The lowest BCUT2D eigenvalue weighted by molar-refractivity contribution is 0.0831. The molecule has 1 heterocycles. The van der Waals surface area contributed by atoms with Gasteiger partial charge in [0.15, 0.2) is 0 Å². The van der Waals surface area contributed by atoms with Crippen LogP contribution in [0.5, 0.6) is 0 Å². The van der Waals surface area contributed by atoms with Crippen molar-refractivity contribution in [2.24, 2.45) is 5.84 Å². The molecule has 0 spiro atoms. The van der Waals surface area contributed by atoms with Gasteiger partial charge in [-0.25, -0.2) is 0 Å². The summed E-state index contributed by atoms with van der Waals surface area (Å²) in [6.45, 7) is 3.98. The topological polar surface area (TPSA) is 60.2 Å². The van der Waals surface area contributed by atoms with Gasteiger partial charge in [-0.1, -0.05) is 12.1 Å². The number of fused-ring (bicyclic) bond motifs is 1. The van der Waals surface area contributed by atoms with Crippen LogP contribution in [0.1, 0.15) is 24.2 Å². The number of rotatable bonds is 4. The fourth-order valence-corrected chi connectivity index (χ4v) is 2.08. The highest BCUT2D eigenvalue weighted by Gasteiger charge is 2.17. The molecular formula is C14H19N3O. The van der Waals surface area contributed by atoms with Crippen LogP contribution in [0.2, 0.25) is 0 Å². The van der Waals surface area contributed by atoms with Crippen LogP contribution in [0.15, 0.2) is 30.3 Å². The van der Waals surface area contributed by atoms with Gasteiger partial charge in [0.2, 0.25) is 0 Å². The molecule has 0 amide bonds. The maximum atomic E-state index is 5.60. The molecule has 2 rings (SSSR count). The molecule has 0 saturated heterocycles. The van der Waals surface area contributed by atoms with Gasteiger partial charge in [0.1, 0.15) is 0 Å². The zero-order chi connectivity index (χ0) is 13.1. The molecule has 2 aromatic rings. The van der Waals surface area contributed by atoms with Crippen LogP contribution < -0.4 is 11.3 Å². The Labute approximate surface area is 107 Å². The largest absolute Gasteiger partial charge is 0.380 e. The first-order valence-electron chi connectivity index (χ1n) is 6.02. The van der Waals surface area contributed by atoms with Crippen molar-refractivity contribution in [3.63, 3.8) is 0 Å². The lowest BCUT2D eigenvalue weighted by Gasteiger charge is -2.22. The van der Waals surface area contributed by atoms with Crippen LogP contribution in [0.3, 0.4) is 0 Å². The lowest BCUT2D eigenvalue weighted by atomic mass is 10.0. The summed E-state index contributed by atoms with van der Waals surface area (Å²) in [4.78, 5) is 4.48. The highest BCUT2D eigenvalue weighted by molar-refractivity contribution is 5.79. The van der Waals surface area contributed by atoms with Gasteiger partial charge in [0, 0.05) is 18.2 Å². The number of benzene rings is 1. The van der Waals surface area contributed by atoms with Crippen LogP contribution in [-0.4, -0.2) is 18.2 Å². The van der Waals surface area contributed by atoms with Crippen molar-refractivity contribution >= 4 is 10.9 Å². The average molecular weight is 245 g/mol.